The number of ether oxygens (including phenoxy) is 1. The average molecular weight is 216 g/mol. The largest absolute Gasteiger partial charge is 0.357 e. The Balaban J connectivity index is 2.74. The van der Waals surface area contributed by atoms with E-state index in [1.807, 2.05) is 0 Å². The van der Waals surface area contributed by atoms with Gasteiger partial charge in [-0.1, -0.05) is 20.8 Å². The van der Waals surface area contributed by atoms with Crippen LogP contribution in [0.5, 0.6) is 0 Å². The molecule has 0 aromatic heterocycles. The van der Waals surface area contributed by atoms with E-state index in [1.165, 1.54) is 0 Å². The molecule has 0 aliphatic carbocycles. The first-order chi connectivity index (χ1) is 6.86. The minimum atomic E-state index is -0.508. The SMILES string of the molecule is CC(C)[C@H](C)[C@@H]1OC(N)C(N)C(N)C1N. The molecule has 5 nitrogen and oxygen atoms in total. The molecule has 0 amide bonds. The van der Waals surface area contributed by atoms with Gasteiger partial charge in [-0.25, -0.2) is 0 Å². The standard InChI is InChI=1S/C10H24N4O/c1-4(2)5(3)9-7(12)6(11)8(13)10(14)15-9/h4-10H,11-14H2,1-3H3/t5-,6?,7?,8?,9-,10?/m0/s1. The van der Waals surface area contributed by atoms with Crippen LogP contribution in [-0.2, 0) is 4.74 Å². The van der Waals surface area contributed by atoms with Gasteiger partial charge in [0, 0.05) is 12.1 Å². The van der Waals surface area contributed by atoms with Crippen LogP contribution in [0, 0.1) is 11.8 Å². The van der Waals surface area contributed by atoms with Gasteiger partial charge >= 0.3 is 0 Å². The summed E-state index contributed by atoms with van der Waals surface area (Å²) in [5.41, 5.74) is 23.5. The smallest absolute Gasteiger partial charge is 0.122 e. The van der Waals surface area contributed by atoms with Gasteiger partial charge in [0.05, 0.1) is 12.1 Å². The molecule has 0 bridgehead atoms. The molecule has 15 heavy (non-hydrogen) atoms. The number of hydrogen-bond donors (Lipinski definition) is 4. The summed E-state index contributed by atoms with van der Waals surface area (Å²) < 4.78 is 5.65. The van der Waals surface area contributed by atoms with E-state index < -0.39 is 6.23 Å². The third-order valence-corrected chi connectivity index (χ3v) is 3.53. The van der Waals surface area contributed by atoms with Crippen molar-refractivity contribution in [1.29, 1.82) is 0 Å². The highest BCUT2D eigenvalue weighted by atomic mass is 16.5. The molecule has 0 radical (unpaired) electrons. The Hall–Kier alpha value is -0.200. The topological polar surface area (TPSA) is 113 Å². The molecule has 1 heterocycles. The van der Waals surface area contributed by atoms with Crippen molar-refractivity contribution in [2.24, 2.45) is 34.8 Å². The van der Waals surface area contributed by atoms with Gasteiger partial charge in [0.15, 0.2) is 0 Å². The van der Waals surface area contributed by atoms with Gasteiger partial charge in [0.2, 0.25) is 0 Å². The van der Waals surface area contributed by atoms with E-state index in [1.54, 1.807) is 0 Å². The fourth-order valence-electron chi connectivity index (χ4n) is 1.91. The molecular formula is C10H24N4O. The van der Waals surface area contributed by atoms with Crippen LogP contribution in [0.2, 0.25) is 0 Å². The Morgan fingerprint density at radius 2 is 1.40 bits per heavy atom. The van der Waals surface area contributed by atoms with Crippen molar-refractivity contribution in [3.05, 3.63) is 0 Å². The summed E-state index contributed by atoms with van der Waals surface area (Å²) in [6.45, 7) is 6.37. The molecule has 8 N–H and O–H groups in total. The van der Waals surface area contributed by atoms with Crippen LogP contribution < -0.4 is 22.9 Å². The Labute approximate surface area is 91.5 Å². The summed E-state index contributed by atoms with van der Waals surface area (Å²) in [6.07, 6.45) is -0.610. The third-order valence-electron chi connectivity index (χ3n) is 3.53. The van der Waals surface area contributed by atoms with Crippen molar-refractivity contribution in [2.45, 2.75) is 51.2 Å². The number of rotatable bonds is 2. The number of hydrogen-bond acceptors (Lipinski definition) is 5. The van der Waals surface area contributed by atoms with Crippen molar-refractivity contribution in [3.8, 4) is 0 Å². The highest BCUT2D eigenvalue weighted by molar-refractivity contribution is 4.99. The van der Waals surface area contributed by atoms with Crippen molar-refractivity contribution < 1.29 is 4.74 Å². The van der Waals surface area contributed by atoms with Crippen LogP contribution in [0.15, 0.2) is 0 Å². The highest BCUT2D eigenvalue weighted by Crippen LogP contribution is 2.25. The molecule has 0 saturated carbocycles. The lowest BCUT2D eigenvalue weighted by atomic mass is 9.82. The minimum Gasteiger partial charge on any atom is -0.357 e. The predicted molar refractivity (Wildman–Crippen MR) is 60.8 cm³/mol. The van der Waals surface area contributed by atoms with Gasteiger partial charge in [0.1, 0.15) is 6.23 Å². The lowest BCUT2D eigenvalue weighted by Crippen LogP contribution is -2.70. The Morgan fingerprint density at radius 1 is 0.867 bits per heavy atom. The molecule has 1 rings (SSSR count). The molecule has 1 saturated heterocycles. The van der Waals surface area contributed by atoms with E-state index in [9.17, 15) is 0 Å². The molecule has 0 aromatic carbocycles. The molecule has 1 fully saturated rings. The summed E-state index contributed by atoms with van der Waals surface area (Å²) >= 11 is 0. The van der Waals surface area contributed by atoms with E-state index in [2.05, 4.69) is 20.8 Å². The molecule has 0 spiro atoms. The van der Waals surface area contributed by atoms with Crippen molar-refractivity contribution >= 4 is 0 Å². The first-order valence-electron chi connectivity index (χ1n) is 5.54. The normalized spacial score (nSPS) is 44.4. The Bertz CT molecular complexity index is 212. The van der Waals surface area contributed by atoms with Crippen LogP contribution in [0.1, 0.15) is 20.8 Å². The maximum absolute atomic E-state index is 6.03. The van der Waals surface area contributed by atoms with Crippen LogP contribution in [-0.4, -0.2) is 30.5 Å². The monoisotopic (exact) mass is 216 g/mol. The second-order valence-electron chi connectivity index (χ2n) is 4.90. The van der Waals surface area contributed by atoms with Gasteiger partial charge in [-0.15, -0.1) is 0 Å². The average Bonchev–Trinajstić information content (AvgIpc) is 2.19. The zero-order chi connectivity index (χ0) is 11.7. The van der Waals surface area contributed by atoms with E-state index in [4.69, 9.17) is 27.7 Å². The molecule has 4 unspecified atom stereocenters. The highest BCUT2D eigenvalue weighted by Gasteiger charge is 2.41. The van der Waals surface area contributed by atoms with Gasteiger partial charge in [0.25, 0.3) is 0 Å². The van der Waals surface area contributed by atoms with Crippen LogP contribution in [0.4, 0.5) is 0 Å². The molecule has 90 valence electrons. The maximum Gasteiger partial charge on any atom is 0.122 e. The van der Waals surface area contributed by atoms with Crippen molar-refractivity contribution in [2.75, 3.05) is 0 Å². The summed E-state index contributed by atoms with van der Waals surface area (Å²) in [5.74, 6) is 0.805. The molecule has 1 aliphatic rings. The van der Waals surface area contributed by atoms with Gasteiger partial charge in [-0.3, -0.25) is 0 Å². The van der Waals surface area contributed by atoms with Crippen LogP contribution in [0.3, 0.4) is 0 Å². The van der Waals surface area contributed by atoms with Crippen LogP contribution >= 0.6 is 0 Å². The predicted octanol–water partition coefficient (Wildman–Crippen LogP) is -1.06. The van der Waals surface area contributed by atoms with Crippen LogP contribution in [0.25, 0.3) is 0 Å². The second-order valence-corrected chi connectivity index (χ2v) is 4.90. The first kappa shape index (κ1) is 12.9. The van der Waals surface area contributed by atoms with Crippen molar-refractivity contribution in [1.82, 2.24) is 0 Å². The summed E-state index contributed by atoms with van der Waals surface area (Å²) in [6, 6.07) is -0.909. The molecule has 5 heteroatoms. The summed E-state index contributed by atoms with van der Waals surface area (Å²) in [5, 5.41) is 0. The van der Waals surface area contributed by atoms with Gasteiger partial charge in [-0.2, -0.15) is 0 Å². The summed E-state index contributed by atoms with van der Waals surface area (Å²) in [7, 11) is 0. The Kier molecular flexibility index (Phi) is 4.08. The number of nitrogens with two attached hydrogens (primary N) is 4. The first-order valence-corrected chi connectivity index (χ1v) is 5.54. The molecule has 6 atom stereocenters. The van der Waals surface area contributed by atoms with E-state index in [0.29, 0.717) is 11.8 Å². The van der Waals surface area contributed by atoms with E-state index in [-0.39, 0.29) is 24.2 Å². The van der Waals surface area contributed by atoms with E-state index >= 15 is 0 Å². The summed E-state index contributed by atoms with van der Waals surface area (Å²) in [4.78, 5) is 0. The second kappa shape index (κ2) is 4.76. The fraction of sp³-hybridized carbons (Fsp3) is 1.00. The molecule has 0 aromatic rings. The van der Waals surface area contributed by atoms with Gasteiger partial charge < -0.3 is 27.7 Å². The zero-order valence-electron chi connectivity index (χ0n) is 9.76. The van der Waals surface area contributed by atoms with Gasteiger partial charge in [-0.05, 0) is 11.8 Å². The zero-order valence-corrected chi connectivity index (χ0v) is 9.76. The quantitative estimate of drug-likeness (QED) is 0.470. The van der Waals surface area contributed by atoms with Crippen molar-refractivity contribution in [3.63, 3.8) is 0 Å². The lowest BCUT2D eigenvalue weighted by molar-refractivity contribution is -0.106. The molecular weight excluding hydrogens is 192 g/mol. The Morgan fingerprint density at radius 3 is 1.87 bits per heavy atom. The minimum absolute atomic E-state index is 0.102. The molecule has 1 aliphatic heterocycles. The maximum atomic E-state index is 6.03. The lowest BCUT2D eigenvalue weighted by Gasteiger charge is -2.44. The fourth-order valence-corrected chi connectivity index (χ4v) is 1.91. The third kappa shape index (κ3) is 2.49. The van der Waals surface area contributed by atoms with E-state index in [0.717, 1.165) is 0 Å².